The molecule has 0 bridgehead atoms. The first-order chi connectivity index (χ1) is 12.9. The lowest BCUT2D eigenvalue weighted by Crippen LogP contribution is -2.30. The highest BCUT2D eigenvalue weighted by Crippen LogP contribution is 2.17. The molecule has 0 aliphatic carbocycles. The highest BCUT2D eigenvalue weighted by atomic mass is 32.2. The van der Waals surface area contributed by atoms with Gasteiger partial charge in [0.2, 0.25) is 0 Å². The molecule has 7 heteroatoms. The van der Waals surface area contributed by atoms with Crippen LogP contribution < -0.4 is 5.32 Å². The van der Waals surface area contributed by atoms with Crippen molar-refractivity contribution in [3.8, 4) is 0 Å². The summed E-state index contributed by atoms with van der Waals surface area (Å²) in [6.45, 7) is 1.51. The van der Waals surface area contributed by atoms with Gasteiger partial charge in [0.1, 0.15) is 0 Å². The number of hydrogen-bond acceptors (Lipinski definition) is 5. The second-order valence-electron chi connectivity index (χ2n) is 5.91. The number of ether oxygens (including phenoxy) is 1. The number of carbonyl (C=O) groups excluding carboxylic acids is 2. The molecular formula is C20H23NO5S. The second-order valence-corrected chi connectivity index (χ2v) is 8.16. The van der Waals surface area contributed by atoms with Gasteiger partial charge in [-0.3, -0.25) is 4.79 Å². The fourth-order valence-electron chi connectivity index (χ4n) is 2.49. The van der Waals surface area contributed by atoms with Crippen LogP contribution in [0.25, 0.3) is 0 Å². The number of nitrogens with one attached hydrogen (secondary N) is 1. The van der Waals surface area contributed by atoms with Crippen LogP contribution in [-0.2, 0) is 25.8 Å². The molecule has 0 atom stereocenters. The van der Waals surface area contributed by atoms with Crippen LogP contribution in [0, 0.1) is 0 Å². The number of sulfone groups is 1. The van der Waals surface area contributed by atoms with E-state index in [9.17, 15) is 18.0 Å². The van der Waals surface area contributed by atoms with Crippen molar-refractivity contribution >= 4 is 21.7 Å². The third kappa shape index (κ3) is 6.21. The van der Waals surface area contributed by atoms with Gasteiger partial charge >= 0.3 is 5.97 Å². The van der Waals surface area contributed by atoms with Crippen LogP contribution in [0.3, 0.4) is 0 Å². The van der Waals surface area contributed by atoms with Crippen LogP contribution in [0.4, 0.5) is 0 Å². The van der Waals surface area contributed by atoms with Crippen molar-refractivity contribution in [3.05, 3.63) is 65.7 Å². The predicted molar refractivity (Wildman–Crippen MR) is 102 cm³/mol. The van der Waals surface area contributed by atoms with Gasteiger partial charge in [0, 0.05) is 6.54 Å². The maximum atomic E-state index is 12.2. The summed E-state index contributed by atoms with van der Waals surface area (Å²) >= 11 is 0. The molecular weight excluding hydrogens is 366 g/mol. The number of aryl methyl sites for hydroxylation is 1. The minimum atomic E-state index is -3.56. The summed E-state index contributed by atoms with van der Waals surface area (Å²) in [4.78, 5) is 23.9. The SMILES string of the molecule is CCS(=O)(=O)c1ccccc1C(=O)OCC(=O)NCCCc1ccccc1. The van der Waals surface area contributed by atoms with E-state index in [0.29, 0.717) is 6.54 Å². The van der Waals surface area contributed by atoms with Crippen molar-refractivity contribution in [1.29, 1.82) is 0 Å². The maximum Gasteiger partial charge on any atom is 0.339 e. The predicted octanol–water partition coefficient (Wildman–Crippen LogP) is 2.39. The molecule has 2 aromatic rings. The average Bonchev–Trinajstić information content (AvgIpc) is 2.70. The molecule has 2 aromatic carbocycles. The fraction of sp³-hybridized carbons (Fsp3) is 0.300. The molecule has 0 aliphatic rings. The van der Waals surface area contributed by atoms with Crippen LogP contribution >= 0.6 is 0 Å². The van der Waals surface area contributed by atoms with E-state index in [1.54, 1.807) is 12.1 Å². The van der Waals surface area contributed by atoms with Crippen LogP contribution in [-0.4, -0.2) is 39.2 Å². The summed E-state index contributed by atoms with van der Waals surface area (Å²) in [7, 11) is -3.56. The van der Waals surface area contributed by atoms with Gasteiger partial charge in [-0.05, 0) is 30.5 Å². The maximum absolute atomic E-state index is 12.2. The van der Waals surface area contributed by atoms with Crippen molar-refractivity contribution in [1.82, 2.24) is 5.32 Å². The highest BCUT2D eigenvalue weighted by Gasteiger charge is 2.22. The van der Waals surface area contributed by atoms with Gasteiger partial charge in [-0.2, -0.15) is 0 Å². The minimum absolute atomic E-state index is 0.0590. The zero-order valence-electron chi connectivity index (χ0n) is 15.2. The first-order valence-corrected chi connectivity index (χ1v) is 10.4. The normalized spacial score (nSPS) is 11.0. The minimum Gasteiger partial charge on any atom is -0.452 e. The first kappa shape index (κ1) is 20.6. The Hall–Kier alpha value is -2.67. The van der Waals surface area contributed by atoms with Crippen LogP contribution in [0.15, 0.2) is 59.5 Å². The Balaban J connectivity index is 1.81. The molecule has 0 aromatic heterocycles. The van der Waals surface area contributed by atoms with E-state index in [-0.39, 0.29) is 16.2 Å². The van der Waals surface area contributed by atoms with Gasteiger partial charge in [0.15, 0.2) is 16.4 Å². The summed E-state index contributed by atoms with van der Waals surface area (Å²) in [5, 5.41) is 2.68. The standard InChI is InChI=1S/C20H23NO5S/c1-2-27(24,25)18-13-7-6-12-17(18)20(23)26-15-19(22)21-14-8-11-16-9-4-3-5-10-16/h3-7,9-10,12-13H,2,8,11,14-15H2,1H3,(H,21,22). The largest absolute Gasteiger partial charge is 0.452 e. The quantitative estimate of drug-likeness (QED) is 0.525. The summed E-state index contributed by atoms with van der Waals surface area (Å²) in [5.41, 5.74) is 1.13. The molecule has 0 saturated heterocycles. The Kier molecular flexibility index (Phi) is 7.55. The molecule has 6 nitrogen and oxygen atoms in total. The monoisotopic (exact) mass is 389 g/mol. The lowest BCUT2D eigenvalue weighted by atomic mass is 10.1. The fourth-order valence-corrected chi connectivity index (χ4v) is 3.57. The van der Waals surface area contributed by atoms with E-state index >= 15 is 0 Å². The summed E-state index contributed by atoms with van der Waals surface area (Å²) in [6, 6.07) is 15.7. The van der Waals surface area contributed by atoms with E-state index in [4.69, 9.17) is 4.74 Å². The van der Waals surface area contributed by atoms with Crippen LogP contribution in [0.5, 0.6) is 0 Å². The zero-order chi connectivity index (χ0) is 19.7. The van der Waals surface area contributed by atoms with Crippen molar-refractivity contribution < 1.29 is 22.7 Å². The number of amides is 1. The number of esters is 1. The van der Waals surface area contributed by atoms with E-state index in [0.717, 1.165) is 12.8 Å². The van der Waals surface area contributed by atoms with Gasteiger partial charge in [-0.1, -0.05) is 49.4 Å². The molecule has 0 radical (unpaired) electrons. The molecule has 27 heavy (non-hydrogen) atoms. The topological polar surface area (TPSA) is 89.5 Å². The zero-order valence-corrected chi connectivity index (χ0v) is 16.0. The van der Waals surface area contributed by atoms with Gasteiger partial charge in [-0.15, -0.1) is 0 Å². The van der Waals surface area contributed by atoms with Crippen LogP contribution in [0.2, 0.25) is 0 Å². The number of carbonyl (C=O) groups is 2. The molecule has 1 amide bonds. The molecule has 0 saturated carbocycles. The lowest BCUT2D eigenvalue weighted by Gasteiger charge is -2.10. The Labute approximate surface area is 159 Å². The molecule has 2 rings (SSSR count). The Morgan fingerprint density at radius 3 is 2.37 bits per heavy atom. The van der Waals surface area contributed by atoms with Crippen LogP contribution in [0.1, 0.15) is 29.3 Å². The molecule has 0 unspecified atom stereocenters. The number of benzene rings is 2. The lowest BCUT2D eigenvalue weighted by molar-refractivity contribution is -0.124. The smallest absolute Gasteiger partial charge is 0.339 e. The third-order valence-corrected chi connectivity index (χ3v) is 5.75. The second kappa shape index (κ2) is 9.87. The van der Waals surface area contributed by atoms with Gasteiger partial charge in [0.25, 0.3) is 5.91 Å². The Morgan fingerprint density at radius 2 is 1.67 bits per heavy atom. The van der Waals surface area contributed by atoms with Gasteiger partial charge in [0.05, 0.1) is 16.2 Å². The molecule has 0 fully saturated rings. The summed E-state index contributed by atoms with van der Waals surface area (Å²) in [6.07, 6.45) is 1.60. The number of rotatable bonds is 9. The van der Waals surface area contributed by atoms with E-state index in [1.807, 2.05) is 30.3 Å². The van der Waals surface area contributed by atoms with Crippen molar-refractivity contribution in [2.75, 3.05) is 18.9 Å². The summed E-state index contributed by atoms with van der Waals surface area (Å²) in [5.74, 6) is -1.38. The first-order valence-electron chi connectivity index (χ1n) is 8.73. The molecule has 0 heterocycles. The number of hydrogen-bond donors (Lipinski definition) is 1. The summed E-state index contributed by atoms with van der Waals surface area (Å²) < 4.78 is 29.1. The van der Waals surface area contributed by atoms with Crippen molar-refractivity contribution in [2.24, 2.45) is 0 Å². The van der Waals surface area contributed by atoms with Gasteiger partial charge in [-0.25, -0.2) is 13.2 Å². The molecule has 0 aliphatic heterocycles. The molecule has 0 spiro atoms. The van der Waals surface area contributed by atoms with Crippen molar-refractivity contribution in [3.63, 3.8) is 0 Å². The van der Waals surface area contributed by atoms with E-state index < -0.39 is 28.3 Å². The van der Waals surface area contributed by atoms with Crippen molar-refractivity contribution in [2.45, 2.75) is 24.7 Å². The van der Waals surface area contributed by atoms with Gasteiger partial charge < -0.3 is 10.1 Å². The average molecular weight is 389 g/mol. The molecule has 1 N–H and O–H groups in total. The Bertz CT molecular complexity index is 878. The molecule has 144 valence electrons. The highest BCUT2D eigenvalue weighted by molar-refractivity contribution is 7.91. The van der Waals surface area contributed by atoms with E-state index in [2.05, 4.69) is 5.32 Å². The third-order valence-electron chi connectivity index (χ3n) is 3.96. The Morgan fingerprint density at radius 1 is 1.00 bits per heavy atom. The van der Waals surface area contributed by atoms with E-state index in [1.165, 1.54) is 24.6 Å².